The quantitative estimate of drug-likeness (QED) is 0.585. The molecule has 1 aliphatic rings. The van der Waals surface area contributed by atoms with Crippen LogP contribution in [-0.2, 0) is 4.74 Å². The topological polar surface area (TPSA) is 9.23 Å². The van der Waals surface area contributed by atoms with E-state index in [1.165, 1.54) is 6.08 Å². The highest BCUT2D eigenvalue weighted by Crippen LogP contribution is 2.28. The van der Waals surface area contributed by atoms with Crippen LogP contribution in [0.3, 0.4) is 0 Å². The van der Waals surface area contributed by atoms with Gasteiger partial charge in [0.25, 0.3) is 0 Å². The molecule has 0 radical (unpaired) electrons. The molecule has 0 aliphatic carbocycles. The van der Waals surface area contributed by atoms with E-state index in [2.05, 4.69) is 13.2 Å². The monoisotopic (exact) mass is 168 g/mol. The molecule has 0 amide bonds. The minimum atomic E-state index is -0.441. The molecule has 2 heteroatoms. The normalized spacial score (nSPS) is 27.0. The zero-order valence-electron chi connectivity index (χ0n) is 7.27. The molecule has 0 aromatic heterocycles. The molecule has 0 aromatic carbocycles. The average Bonchev–Trinajstić information content (AvgIpc) is 1.97. The maximum atomic E-state index is 12.5. The minimum Gasteiger partial charge on any atom is -0.494 e. The lowest BCUT2D eigenvalue weighted by Gasteiger charge is -2.24. The van der Waals surface area contributed by atoms with Crippen molar-refractivity contribution in [3.8, 4) is 0 Å². The van der Waals surface area contributed by atoms with E-state index in [-0.39, 0.29) is 0 Å². The summed E-state index contributed by atoms with van der Waals surface area (Å²) in [5.74, 6) is 0.454. The summed E-state index contributed by atoms with van der Waals surface area (Å²) in [5.41, 5.74) is 0.828. The molecular weight excluding hydrogens is 155 g/mol. The number of halogens is 1. The van der Waals surface area contributed by atoms with E-state index < -0.39 is 5.83 Å². The standard InChI is InChI=1S/C10H13FO/c1-7-4-5-12-9(3)10(7)6-8(2)11/h6-7H,2-5H2,1H3/b10-6-. The fourth-order valence-electron chi connectivity index (χ4n) is 1.26. The highest BCUT2D eigenvalue weighted by Gasteiger charge is 2.18. The number of allylic oxidation sites excluding steroid dienone is 3. The smallest absolute Gasteiger partial charge is 0.116 e. The molecule has 1 fully saturated rings. The number of ether oxygens (including phenoxy) is 1. The summed E-state index contributed by atoms with van der Waals surface area (Å²) in [6.45, 7) is 9.59. The first-order chi connectivity index (χ1) is 5.61. The van der Waals surface area contributed by atoms with Crippen molar-refractivity contribution in [1.29, 1.82) is 0 Å². The van der Waals surface area contributed by atoms with Crippen molar-refractivity contribution in [2.75, 3.05) is 6.61 Å². The minimum absolute atomic E-state index is 0.318. The second kappa shape index (κ2) is 3.57. The summed E-state index contributed by atoms with van der Waals surface area (Å²) in [6.07, 6.45) is 2.31. The predicted octanol–water partition coefficient (Wildman–Crippen LogP) is 2.97. The molecule has 0 aromatic rings. The summed E-state index contributed by atoms with van der Waals surface area (Å²) in [5, 5.41) is 0. The Morgan fingerprint density at radius 1 is 1.75 bits per heavy atom. The van der Waals surface area contributed by atoms with E-state index in [0.717, 1.165) is 12.0 Å². The maximum Gasteiger partial charge on any atom is 0.116 e. The zero-order chi connectivity index (χ0) is 9.14. The molecule has 1 rings (SSSR count). The van der Waals surface area contributed by atoms with Crippen molar-refractivity contribution in [3.63, 3.8) is 0 Å². The maximum absolute atomic E-state index is 12.5. The van der Waals surface area contributed by atoms with Gasteiger partial charge in [0.05, 0.1) is 6.61 Å². The van der Waals surface area contributed by atoms with Gasteiger partial charge in [-0.1, -0.05) is 20.1 Å². The van der Waals surface area contributed by atoms with Gasteiger partial charge in [0.1, 0.15) is 11.6 Å². The zero-order valence-corrected chi connectivity index (χ0v) is 7.27. The second-order valence-electron chi connectivity index (χ2n) is 3.01. The number of hydrogen-bond acceptors (Lipinski definition) is 1. The van der Waals surface area contributed by atoms with E-state index in [0.29, 0.717) is 18.3 Å². The molecule has 1 unspecified atom stereocenters. The molecule has 0 saturated carbocycles. The summed E-state index contributed by atoms with van der Waals surface area (Å²) < 4.78 is 17.7. The molecule has 1 aliphatic heterocycles. The number of rotatable bonds is 1. The van der Waals surface area contributed by atoms with Crippen LogP contribution in [0.5, 0.6) is 0 Å². The van der Waals surface area contributed by atoms with E-state index in [1.54, 1.807) is 0 Å². The van der Waals surface area contributed by atoms with Crippen molar-refractivity contribution >= 4 is 0 Å². The van der Waals surface area contributed by atoms with Crippen LogP contribution in [0.4, 0.5) is 4.39 Å². The molecule has 12 heavy (non-hydrogen) atoms. The van der Waals surface area contributed by atoms with E-state index in [1.807, 2.05) is 6.92 Å². The Balaban J connectivity index is 2.83. The van der Waals surface area contributed by atoms with Crippen LogP contribution in [-0.4, -0.2) is 6.61 Å². The third-order valence-electron chi connectivity index (χ3n) is 1.99. The van der Waals surface area contributed by atoms with Crippen LogP contribution in [0.2, 0.25) is 0 Å². The van der Waals surface area contributed by atoms with Gasteiger partial charge in [0, 0.05) is 0 Å². The van der Waals surface area contributed by atoms with Crippen LogP contribution >= 0.6 is 0 Å². The first-order valence-corrected chi connectivity index (χ1v) is 3.99. The first kappa shape index (κ1) is 9.04. The fraction of sp³-hybridized carbons (Fsp3) is 0.400. The van der Waals surface area contributed by atoms with Crippen LogP contribution in [0, 0.1) is 5.92 Å². The Labute approximate surface area is 72.2 Å². The van der Waals surface area contributed by atoms with Gasteiger partial charge in [0.2, 0.25) is 0 Å². The third-order valence-corrected chi connectivity index (χ3v) is 1.99. The molecule has 66 valence electrons. The molecular formula is C10H13FO. The van der Waals surface area contributed by atoms with Gasteiger partial charge in [-0.25, -0.2) is 4.39 Å². The molecule has 1 nitrogen and oxygen atoms in total. The lowest BCUT2D eigenvalue weighted by molar-refractivity contribution is 0.174. The van der Waals surface area contributed by atoms with Gasteiger partial charge in [-0.3, -0.25) is 0 Å². The Morgan fingerprint density at radius 2 is 2.42 bits per heavy atom. The molecule has 0 spiro atoms. The highest BCUT2D eigenvalue weighted by molar-refractivity contribution is 5.32. The Morgan fingerprint density at radius 3 is 2.92 bits per heavy atom. The van der Waals surface area contributed by atoms with Crippen LogP contribution in [0.15, 0.2) is 36.4 Å². The summed E-state index contributed by atoms with van der Waals surface area (Å²) in [4.78, 5) is 0. The largest absolute Gasteiger partial charge is 0.494 e. The summed E-state index contributed by atoms with van der Waals surface area (Å²) in [6, 6.07) is 0. The third kappa shape index (κ3) is 1.97. The second-order valence-corrected chi connectivity index (χ2v) is 3.01. The SMILES string of the molecule is C=C(F)/C=C1\C(=C)OCCC1C. The lowest BCUT2D eigenvalue weighted by atomic mass is 9.94. The van der Waals surface area contributed by atoms with E-state index in [9.17, 15) is 4.39 Å². The van der Waals surface area contributed by atoms with E-state index >= 15 is 0 Å². The van der Waals surface area contributed by atoms with Crippen molar-refractivity contribution in [2.24, 2.45) is 5.92 Å². The Bertz CT molecular complexity index is 240. The van der Waals surface area contributed by atoms with Crippen molar-refractivity contribution in [1.82, 2.24) is 0 Å². The van der Waals surface area contributed by atoms with Crippen molar-refractivity contribution in [3.05, 3.63) is 36.4 Å². The van der Waals surface area contributed by atoms with Crippen LogP contribution < -0.4 is 0 Å². The molecule has 1 saturated heterocycles. The van der Waals surface area contributed by atoms with Gasteiger partial charge in [-0.15, -0.1) is 0 Å². The summed E-state index contributed by atoms with van der Waals surface area (Å²) >= 11 is 0. The Kier molecular flexibility index (Phi) is 2.69. The lowest BCUT2D eigenvalue weighted by Crippen LogP contribution is -2.14. The molecule has 1 heterocycles. The number of hydrogen-bond donors (Lipinski definition) is 0. The van der Waals surface area contributed by atoms with Crippen molar-refractivity contribution in [2.45, 2.75) is 13.3 Å². The van der Waals surface area contributed by atoms with Crippen molar-refractivity contribution < 1.29 is 9.13 Å². The van der Waals surface area contributed by atoms with Crippen LogP contribution in [0.1, 0.15) is 13.3 Å². The van der Waals surface area contributed by atoms with Gasteiger partial charge in [-0.05, 0) is 24.0 Å². The predicted molar refractivity (Wildman–Crippen MR) is 47.2 cm³/mol. The van der Waals surface area contributed by atoms with E-state index in [4.69, 9.17) is 4.74 Å². The Hall–Kier alpha value is -1.05. The molecule has 1 atom stereocenters. The highest BCUT2D eigenvalue weighted by atomic mass is 19.1. The van der Waals surface area contributed by atoms with Gasteiger partial charge in [-0.2, -0.15) is 0 Å². The molecule has 0 N–H and O–H groups in total. The van der Waals surface area contributed by atoms with Gasteiger partial charge < -0.3 is 4.74 Å². The van der Waals surface area contributed by atoms with Gasteiger partial charge in [0.15, 0.2) is 0 Å². The molecule has 0 bridgehead atoms. The van der Waals surface area contributed by atoms with Crippen LogP contribution in [0.25, 0.3) is 0 Å². The fourth-order valence-corrected chi connectivity index (χ4v) is 1.26. The van der Waals surface area contributed by atoms with Gasteiger partial charge >= 0.3 is 0 Å². The average molecular weight is 168 g/mol. The first-order valence-electron chi connectivity index (χ1n) is 3.99. The summed E-state index contributed by atoms with van der Waals surface area (Å²) in [7, 11) is 0.